The SMILES string of the molecule is CC(C)(C)c1cnc2nccn2n1. The van der Waals surface area contributed by atoms with Gasteiger partial charge in [0.05, 0.1) is 18.1 Å². The number of hydrogen-bond donors (Lipinski definition) is 0. The molecule has 0 radical (unpaired) electrons. The first-order valence-electron chi connectivity index (χ1n) is 4.24. The van der Waals surface area contributed by atoms with Gasteiger partial charge in [-0.1, -0.05) is 20.8 Å². The fourth-order valence-electron chi connectivity index (χ4n) is 1.06. The average Bonchev–Trinajstić information content (AvgIpc) is 2.47. The zero-order valence-electron chi connectivity index (χ0n) is 8.02. The van der Waals surface area contributed by atoms with Crippen LogP contribution in [0.2, 0.25) is 0 Å². The molecule has 0 bridgehead atoms. The van der Waals surface area contributed by atoms with E-state index in [1.165, 1.54) is 0 Å². The van der Waals surface area contributed by atoms with E-state index < -0.39 is 0 Å². The van der Waals surface area contributed by atoms with Crippen molar-refractivity contribution in [1.82, 2.24) is 19.6 Å². The molecule has 2 heterocycles. The predicted molar refractivity (Wildman–Crippen MR) is 49.5 cm³/mol. The van der Waals surface area contributed by atoms with Crippen molar-refractivity contribution in [3.63, 3.8) is 0 Å². The first-order valence-corrected chi connectivity index (χ1v) is 4.24. The highest BCUT2D eigenvalue weighted by Gasteiger charge is 2.16. The van der Waals surface area contributed by atoms with Crippen molar-refractivity contribution in [2.75, 3.05) is 0 Å². The zero-order valence-corrected chi connectivity index (χ0v) is 8.02. The molecule has 0 aliphatic carbocycles. The summed E-state index contributed by atoms with van der Waals surface area (Å²) in [5.41, 5.74) is 1.00. The Kier molecular flexibility index (Phi) is 1.58. The Morgan fingerprint density at radius 3 is 2.69 bits per heavy atom. The summed E-state index contributed by atoms with van der Waals surface area (Å²) in [5, 5.41) is 4.40. The standard InChI is InChI=1S/C9H12N4/c1-9(2,3)7-6-11-8-10-4-5-13(8)12-7/h4-6H,1-3H3. The molecular formula is C9H12N4. The van der Waals surface area contributed by atoms with E-state index >= 15 is 0 Å². The van der Waals surface area contributed by atoms with E-state index in [-0.39, 0.29) is 5.41 Å². The first kappa shape index (κ1) is 8.16. The number of imidazole rings is 1. The normalized spacial score (nSPS) is 12.2. The maximum Gasteiger partial charge on any atom is 0.250 e. The molecule has 0 unspecified atom stereocenters. The predicted octanol–water partition coefficient (Wildman–Crippen LogP) is 1.42. The van der Waals surface area contributed by atoms with E-state index in [0.717, 1.165) is 5.69 Å². The van der Waals surface area contributed by atoms with Gasteiger partial charge in [-0.3, -0.25) is 0 Å². The largest absolute Gasteiger partial charge is 0.250 e. The lowest BCUT2D eigenvalue weighted by atomic mass is 9.93. The maximum absolute atomic E-state index is 4.40. The molecule has 0 saturated carbocycles. The minimum atomic E-state index is 0.0332. The second-order valence-corrected chi connectivity index (χ2v) is 4.07. The monoisotopic (exact) mass is 176 g/mol. The summed E-state index contributed by atoms with van der Waals surface area (Å²) in [6.45, 7) is 6.33. The number of aromatic nitrogens is 4. The van der Waals surface area contributed by atoms with Crippen molar-refractivity contribution in [1.29, 1.82) is 0 Å². The Morgan fingerprint density at radius 1 is 1.23 bits per heavy atom. The van der Waals surface area contributed by atoms with Crippen LogP contribution in [0.15, 0.2) is 18.6 Å². The summed E-state index contributed by atoms with van der Waals surface area (Å²) >= 11 is 0. The highest BCUT2D eigenvalue weighted by Crippen LogP contribution is 2.18. The zero-order chi connectivity index (χ0) is 9.47. The molecular weight excluding hydrogens is 164 g/mol. The van der Waals surface area contributed by atoms with Crippen LogP contribution in [-0.2, 0) is 5.41 Å². The summed E-state index contributed by atoms with van der Waals surface area (Å²) in [6, 6.07) is 0. The van der Waals surface area contributed by atoms with Gasteiger partial charge in [0.1, 0.15) is 0 Å². The van der Waals surface area contributed by atoms with Gasteiger partial charge >= 0.3 is 0 Å². The second kappa shape index (κ2) is 2.52. The number of rotatable bonds is 0. The Balaban J connectivity index is 2.61. The molecule has 4 nitrogen and oxygen atoms in total. The average molecular weight is 176 g/mol. The third kappa shape index (κ3) is 1.39. The molecule has 0 aliphatic heterocycles. The Bertz CT molecular complexity index is 424. The molecule has 0 amide bonds. The van der Waals surface area contributed by atoms with Crippen LogP contribution in [0, 0.1) is 0 Å². The molecule has 13 heavy (non-hydrogen) atoms. The lowest BCUT2D eigenvalue weighted by Crippen LogP contribution is -2.15. The number of fused-ring (bicyclic) bond motifs is 1. The van der Waals surface area contributed by atoms with Crippen molar-refractivity contribution in [2.45, 2.75) is 26.2 Å². The maximum atomic E-state index is 4.40. The van der Waals surface area contributed by atoms with Crippen molar-refractivity contribution in [2.24, 2.45) is 0 Å². The van der Waals surface area contributed by atoms with E-state index in [2.05, 4.69) is 35.8 Å². The molecule has 2 aromatic heterocycles. The van der Waals surface area contributed by atoms with E-state index in [0.29, 0.717) is 5.78 Å². The molecule has 2 aromatic rings. The lowest BCUT2D eigenvalue weighted by molar-refractivity contribution is 0.549. The molecule has 0 fully saturated rings. The first-order chi connectivity index (χ1) is 6.07. The van der Waals surface area contributed by atoms with Gasteiger partial charge in [-0.15, -0.1) is 0 Å². The van der Waals surface area contributed by atoms with E-state index in [1.54, 1.807) is 23.1 Å². The van der Waals surface area contributed by atoms with E-state index in [1.807, 2.05) is 0 Å². The third-order valence-electron chi connectivity index (χ3n) is 1.89. The molecule has 68 valence electrons. The topological polar surface area (TPSA) is 43.1 Å². The highest BCUT2D eigenvalue weighted by molar-refractivity contribution is 5.25. The van der Waals surface area contributed by atoms with Crippen LogP contribution in [0.1, 0.15) is 26.5 Å². The Labute approximate surface area is 76.6 Å². The minimum absolute atomic E-state index is 0.0332. The fraction of sp³-hybridized carbons (Fsp3) is 0.444. The number of hydrogen-bond acceptors (Lipinski definition) is 3. The quantitative estimate of drug-likeness (QED) is 0.609. The molecule has 4 heteroatoms. The van der Waals surface area contributed by atoms with Crippen molar-refractivity contribution in [3.05, 3.63) is 24.3 Å². The van der Waals surface area contributed by atoms with Crippen LogP contribution in [0.4, 0.5) is 0 Å². The van der Waals surface area contributed by atoms with Crippen LogP contribution in [0.5, 0.6) is 0 Å². The summed E-state index contributed by atoms with van der Waals surface area (Å²) in [5.74, 6) is 0.646. The lowest BCUT2D eigenvalue weighted by Gasteiger charge is -2.16. The van der Waals surface area contributed by atoms with Crippen molar-refractivity contribution < 1.29 is 0 Å². The Morgan fingerprint density at radius 2 is 2.00 bits per heavy atom. The van der Waals surface area contributed by atoms with Crippen molar-refractivity contribution in [3.8, 4) is 0 Å². The third-order valence-corrected chi connectivity index (χ3v) is 1.89. The molecule has 0 atom stereocenters. The van der Waals surface area contributed by atoms with Gasteiger partial charge in [0.25, 0.3) is 5.78 Å². The number of nitrogens with zero attached hydrogens (tertiary/aromatic N) is 4. The van der Waals surface area contributed by atoms with Gasteiger partial charge in [0.15, 0.2) is 0 Å². The van der Waals surface area contributed by atoms with Gasteiger partial charge in [0.2, 0.25) is 0 Å². The smallest absolute Gasteiger partial charge is 0.218 e. The van der Waals surface area contributed by atoms with Crippen LogP contribution < -0.4 is 0 Å². The molecule has 0 aliphatic rings. The van der Waals surface area contributed by atoms with Gasteiger partial charge in [-0.05, 0) is 0 Å². The summed E-state index contributed by atoms with van der Waals surface area (Å²) < 4.78 is 1.70. The second-order valence-electron chi connectivity index (χ2n) is 4.07. The van der Waals surface area contributed by atoms with Gasteiger partial charge in [-0.2, -0.15) is 5.10 Å². The Hall–Kier alpha value is -1.45. The van der Waals surface area contributed by atoms with Crippen LogP contribution >= 0.6 is 0 Å². The summed E-state index contributed by atoms with van der Waals surface area (Å²) in [7, 11) is 0. The van der Waals surface area contributed by atoms with Crippen LogP contribution in [-0.4, -0.2) is 19.6 Å². The molecule has 0 spiro atoms. The fourth-order valence-corrected chi connectivity index (χ4v) is 1.06. The summed E-state index contributed by atoms with van der Waals surface area (Å²) in [4.78, 5) is 8.23. The molecule has 0 saturated heterocycles. The van der Waals surface area contributed by atoms with Crippen molar-refractivity contribution >= 4 is 5.78 Å². The van der Waals surface area contributed by atoms with E-state index in [9.17, 15) is 0 Å². The van der Waals surface area contributed by atoms with Crippen LogP contribution in [0.3, 0.4) is 0 Å². The van der Waals surface area contributed by atoms with Gasteiger partial charge in [-0.25, -0.2) is 14.5 Å². The molecule has 0 aromatic carbocycles. The van der Waals surface area contributed by atoms with Gasteiger partial charge < -0.3 is 0 Å². The molecule has 0 N–H and O–H groups in total. The van der Waals surface area contributed by atoms with Crippen LogP contribution in [0.25, 0.3) is 5.78 Å². The highest BCUT2D eigenvalue weighted by atomic mass is 15.3. The van der Waals surface area contributed by atoms with E-state index in [4.69, 9.17) is 0 Å². The minimum Gasteiger partial charge on any atom is -0.218 e. The summed E-state index contributed by atoms with van der Waals surface area (Å²) in [6.07, 6.45) is 5.28. The molecule has 2 rings (SSSR count). The van der Waals surface area contributed by atoms with Gasteiger partial charge in [0, 0.05) is 11.6 Å².